The van der Waals surface area contributed by atoms with Gasteiger partial charge in [0.25, 0.3) is 0 Å². The molecule has 0 aliphatic heterocycles. The van der Waals surface area contributed by atoms with Gasteiger partial charge in [-0.1, -0.05) is 0 Å². The summed E-state index contributed by atoms with van der Waals surface area (Å²) in [5, 5.41) is 12.5. The molecule has 14 heavy (non-hydrogen) atoms. The molecule has 0 saturated carbocycles. The lowest BCUT2D eigenvalue weighted by Crippen LogP contribution is -1.95. The van der Waals surface area contributed by atoms with E-state index in [1.165, 1.54) is 35.5 Å². The zero-order valence-electron chi connectivity index (χ0n) is 7.05. The molecule has 2 aromatic rings. The summed E-state index contributed by atoms with van der Waals surface area (Å²) >= 11 is 0. The predicted molar refractivity (Wildman–Crippen MR) is 46.0 cm³/mol. The average Bonchev–Trinajstić information content (AvgIpc) is 2.69. The molecule has 0 fully saturated rings. The highest BCUT2D eigenvalue weighted by atomic mass is 19.1. The molecule has 0 N–H and O–H groups in total. The molecule has 0 atom stereocenters. The van der Waals surface area contributed by atoms with Crippen molar-refractivity contribution >= 4 is 0 Å². The van der Waals surface area contributed by atoms with Crippen LogP contribution in [0.3, 0.4) is 0 Å². The Morgan fingerprint density at radius 1 is 1.36 bits per heavy atom. The molecule has 1 aromatic carbocycles. The molecule has 0 unspecified atom stereocenters. The molecule has 68 valence electrons. The van der Waals surface area contributed by atoms with E-state index in [9.17, 15) is 4.39 Å². The number of benzene rings is 1. The topological polar surface area (TPSA) is 54.5 Å². The van der Waals surface area contributed by atoms with Gasteiger partial charge in [-0.05, 0) is 18.2 Å². The molecule has 0 aliphatic carbocycles. The minimum Gasteiger partial charge on any atom is -0.223 e. The summed E-state index contributed by atoms with van der Waals surface area (Å²) in [5.74, 6) is -0.463. The summed E-state index contributed by atoms with van der Waals surface area (Å²) in [6.45, 7) is 0. The first kappa shape index (κ1) is 8.38. The van der Waals surface area contributed by atoms with Gasteiger partial charge in [0, 0.05) is 0 Å². The van der Waals surface area contributed by atoms with E-state index in [1.807, 2.05) is 6.07 Å². The fourth-order valence-electron chi connectivity index (χ4n) is 1.11. The molecule has 1 heterocycles. The Morgan fingerprint density at radius 2 is 2.21 bits per heavy atom. The van der Waals surface area contributed by atoms with E-state index in [2.05, 4.69) is 10.1 Å². The highest BCUT2D eigenvalue weighted by Gasteiger charge is 2.02. The van der Waals surface area contributed by atoms with Crippen LogP contribution in [-0.2, 0) is 0 Å². The van der Waals surface area contributed by atoms with Gasteiger partial charge in [-0.15, -0.1) is 0 Å². The van der Waals surface area contributed by atoms with E-state index < -0.39 is 5.82 Å². The lowest BCUT2D eigenvalue weighted by Gasteiger charge is -2.00. The minimum absolute atomic E-state index is 0.260. The van der Waals surface area contributed by atoms with Crippen molar-refractivity contribution in [1.29, 1.82) is 5.26 Å². The number of rotatable bonds is 1. The van der Waals surface area contributed by atoms with Crippen LogP contribution in [0, 0.1) is 17.1 Å². The number of halogens is 1. The van der Waals surface area contributed by atoms with Crippen LogP contribution in [0.4, 0.5) is 4.39 Å². The van der Waals surface area contributed by atoms with Gasteiger partial charge in [0.05, 0.1) is 17.3 Å². The van der Waals surface area contributed by atoms with Crippen molar-refractivity contribution in [1.82, 2.24) is 14.8 Å². The van der Waals surface area contributed by atoms with Crippen molar-refractivity contribution in [2.75, 3.05) is 0 Å². The highest BCUT2D eigenvalue weighted by Crippen LogP contribution is 2.11. The molecular formula is C9H5FN4. The highest BCUT2D eigenvalue weighted by molar-refractivity contribution is 5.41. The molecule has 4 nitrogen and oxygen atoms in total. The van der Waals surface area contributed by atoms with E-state index in [4.69, 9.17) is 5.26 Å². The van der Waals surface area contributed by atoms with Crippen LogP contribution in [0.5, 0.6) is 0 Å². The van der Waals surface area contributed by atoms with Gasteiger partial charge in [-0.3, -0.25) is 0 Å². The van der Waals surface area contributed by atoms with Crippen LogP contribution in [0.25, 0.3) is 5.69 Å². The van der Waals surface area contributed by atoms with Gasteiger partial charge in [0.15, 0.2) is 0 Å². The third kappa shape index (κ3) is 1.45. The SMILES string of the molecule is N#Cc1cc(F)cc(-n2cncn2)c1. The lowest BCUT2D eigenvalue weighted by atomic mass is 10.2. The second kappa shape index (κ2) is 3.26. The zero-order chi connectivity index (χ0) is 9.97. The Kier molecular flexibility index (Phi) is 1.95. The van der Waals surface area contributed by atoms with Crippen molar-refractivity contribution < 1.29 is 4.39 Å². The van der Waals surface area contributed by atoms with Crippen LogP contribution < -0.4 is 0 Å². The van der Waals surface area contributed by atoms with Crippen molar-refractivity contribution in [2.24, 2.45) is 0 Å². The van der Waals surface area contributed by atoms with Gasteiger partial charge in [-0.2, -0.15) is 10.4 Å². The lowest BCUT2D eigenvalue weighted by molar-refractivity contribution is 0.625. The normalized spacial score (nSPS) is 9.71. The first-order valence-electron chi connectivity index (χ1n) is 3.85. The summed E-state index contributed by atoms with van der Waals surface area (Å²) in [7, 11) is 0. The third-order valence-electron chi connectivity index (χ3n) is 1.69. The molecule has 0 aliphatic rings. The maximum atomic E-state index is 13.0. The Hall–Kier alpha value is -2.22. The Morgan fingerprint density at radius 3 is 2.86 bits per heavy atom. The molecule has 2 rings (SSSR count). The standard InChI is InChI=1S/C9H5FN4/c10-8-1-7(4-11)2-9(3-8)14-6-12-5-13-14/h1-3,5-6H. The second-order valence-electron chi connectivity index (χ2n) is 2.65. The van der Waals surface area contributed by atoms with E-state index >= 15 is 0 Å². The molecular weight excluding hydrogens is 183 g/mol. The van der Waals surface area contributed by atoms with Crippen molar-refractivity contribution in [3.05, 3.63) is 42.2 Å². The predicted octanol–water partition coefficient (Wildman–Crippen LogP) is 1.28. The molecule has 0 radical (unpaired) electrons. The van der Waals surface area contributed by atoms with Gasteiger partial charge in [0.2, 0.25) is 0 Å². The zero-order valence-corrected chi connectivity index (χ0v) is 7.05. The molecule has 5 heteroatoms. The molecule has 0 spiro atoms. The number of hydrogen-bond donors (Lipinski definition) is 0. The number of nitrogens with zero attached hydrogens (tertiary/aromatic N) is 4. The largest absolute Gasteiger partial charge is 0.223 e. The number of nitriles is 1. The van der Waals surface area contributed by atoms with Crippen LogP contribution in [0.15, 0.2) is 30.9 Å². The van der Waals surface area contributed by atoms with Crippen LogP contribution in [0.2, 0.25) is 0 Å². The van der Waals surface area contributed by atoms with E-state index in [1.54, 1.807) is 0 Å². The first-order chi connectivity index (χ1) is 6.79. The first-order valence-corrected chi connectivity index (χ1v) is 3.85. The van der Waals surface area contributed by atoms with Crippen molar-refractivity contribution in [3.63, 3.8) is 0 Å². The molecule has 0 bridgehead atoms. The third-order valence-corrected chi connectivity index (χ3v) is 1.69. The molecule has 1 aromatic heterocycles. The van der Waals surface area contributed by atoms with Crippen molar-refractivity contribution in [3.8, 4) is 11.8 Å². The van der Waals surface area contributed by atoms with Crippen molar-refractivity contribution in [2.45, 2.75) is 0 Å². The smallest absolute Gasteiger partial charge is 0.138 e. The molecule has 0 saturated heterocycles. The van der Waals surface area contributed by atoms with Crippen LogP contribution >= 0.6 is 0 Å². The maximum Gasteiger partial charge on any atom is 0.138 e. The average molecular weight is 188 g/mol. The summed E-state index contributed by atoms with van der Waals surface area (Å²) < 4.78 is 14.4. The Bertz CT molecular complexity index is 484. The number of hydrogen-bond acceptors (Lipinski definition) is 3. The Labute approximate surface area is 79.2 Å². The quantitative estimate of drug-likeness (QED) is 0.677. The van der Waals surface area contributed by atoms with Gasteiger partial charge in [0.1, 0.15) is 18.5 Å². The summed E-state index contributed by atoms with van der Waals surface area (Å²) in [6, 6.07) is 5.86. The van der Waals surface area contributed by atoms with Gasteiger partial charge in [-0.25, -0.2) is 14.1 Å². The minimum atomic E-state index is -0.463. The fraction of sp³-hybridized carbons (Fsp3) is 0. The monoisotopic (exact) mass is 188 g/mol. The number of aromatic nitrogens is 3. The maximum absolute atomic E-state index is 13.0. The second-order valence-corrected chi connectivity index (χ2v) is 2.65. The fourth-order valence-corrected chi connectivity index (χ4v) is 1.11. The summed E-state index contributed by atoms with van der Waals surface area (Å²) in [6.07, 6.45) is 2.78. The summed E-state index contributed by atoms with van der Waals surface area (Å²) in [5.41, 5.74) is 0.745. The van der Waals surface area contributed by atoms with E-state index in [0.717, 1.165) is 0 Å². The van der Waals surface area contributed by atoms with Crippen LogP contribution in [-0.4, -0.2) is 14.8 Å². The van der Waals surface area contributed by atoms with Crippen LogP contribution in [0.1, 0.15) is 5.56 Å². The van der Waals surface area contributed by atoms with Gasteiger partial charge >= 0.3 is 0 Å². The van der Waals surface area contributed by atoms with Gasteiger partial charge < -0.3 is 0 Å². The molecule has 0 amide bonds. The summed E-state index contributed by atoms with van der Waals surface area (Å²) in [4.78, 5) is 3.73. The van der Waals surface area contributed by atoms with E-state index in [-0.39, 0.29) is 5.56 Å². The Balaban J connectivity index is 2.55. The van der Waals surface area contributed by atoms with E-state index in [0.29, 0.717) is 5.69 Å².